The minimum Gasteiger partial charge on any atom is -0.303 e. The van der Waals surface area contributed by atoms with Crippen LogP contribution in [0.3, 0.4) is 0 Å². The topological polar surface area (TPSA) is 17.1 Å². The van der Waals surface area contributed by atoms with Crippen molar-refractivity contribution in [3.63, 3.8) is 0 Å². The molecule has 0 aromatic rings. The summed E-state index contributed by atoms with van der Waals surface area (Å²) in [5, 5.41) is 0. The quantitative estimate of drug-likeness (QED) is 0.481. The molecule has 1 atom stereocenters. The Labute approximate surface area is 87.6 Å². The Bertz CT molecular complexity index is 178. The molecule has 1 saturated carbocycles. The molecular weight excluding hydrogens is 172 g/mol. The molecule has 0 amide bonds. The largest absolute Gasteiger partial charge is 0.303 e. The second-order valence-electron chi connectivity index (χ2n) is 4.41. The molecule has 0 radical (unpaired) electrons. The van der Waals surface area contributed by atoms with Gasteiger partial charge in [-0.2, -0.15) is 0 Å². The summed E-state index contributed by atoms with van der Waals surface area (Å²) in [5.41, 5.74) is 0. The SMILES string of the molecule is C/C=C/C(C=O)CCC1CCCCC1. The highest BCUT2D eigenvalue weighted by atomic mass is 16.1. The van der Waals surface area contributed by atoms with Crippen molar-refractivity contribution < 1.29 is 4.79 Å². The molecule has 1 aliphatic rings. The summed E-state index contributed by atoms with van der Waals surface area (Å²) in [4.78, 5) is 10.7. The maximum atomic E-state index is 10.7. The molecule has 0 heterocycles. The van der Waals surface area contributed by atoms with Gasteiger partial charge < -0.3 is 4.79 Å². The fraction of sp³-hybridized carbons (Fsp3) is 0.769. The lowest BCUT2D eigenvalue weighted by molar-refractivity contribution is -0.110. The van der Waals surface area contributed by atoms with Crippen molar-refractivity contribution in [2.45, 2.75) is 51.9 Å². The van der Waals surface area contributed by atoms with Crippen LogP contribution in [0.4, 0.5) is 0 Å². The number of carbonyl (C=O) groups excluding carboxylic acids is 1. The monoisotopic (exact) mass is 194 g/mol. The van der Waals surface area contributed by atoms with Gasteiger partial charge in [-0.3, -0.25) is 0 Å². The third kappa shape index (κ3) is 4.08. The standard InChI is InChI=1S/C13H22O/c1-2-6-13(11-14)10-9-12-7-4-3-5-8-12/h2,6,11-13H,3-5,7-10H2,1H3/b6-2+. The number of hydrogen-bond acceptors (Lipinski definition) is 1. The van der Waals surface area contributed by atoms with Gasteiger partial charge >= 0.3 is 0 Å². The highest BCUT2D eigenvalue weighted by Gasteiger charge is 2.14. The number of rotatable bonds is 5. The Morgan fingerprint density at radius 2 is 2.00 bits per heavy atom. The molecule has 0 N–H and O–H groups in total. The minimum atomic E-state index is 0.168. The van der Waals surface area contributed by atoms with Crippen LogP contribution in [0.25, 0.3) is 0 Å². The molecule has 0 spiro atoms. The van der Waals surface area contributed by atoms with Crippen molar-refractivity contribution in [1.29, 1.82) is 0 Å². The Morgan fingerprint density at radius 3 is 2.57 bits per heavy atom. The van der Waals surface area contributed by atoms with Crippen molar-refractivity contribution in [3.8, 4) is 0 Å². The molecule has 1 rings (SSSR count). The van der Waals surface area contributed by atoms with Gasteiger partial charge in [0, 0.05) is 5.92 Å². The van der Waals surface area contributed by atoms with Gasteiger partial charge in [-0.15, -0.1) is 0 Å². The Morgan fingerprint density at radius 1 is 1.29 bits per heavy atom. The van der Waals surface area contributed by atoms with Gasteiger partial charge in [-0.1, -0.05) is 44.3 Å². The third-order valence-electron chi connectivity index (χ3n) is 3.25. The van der Waals surface area contributed by atoms with Crippen molar-refractivity contribution in [2.24, 2.45) is 11.8 Å². The van der Waals surface area contributed by atoms with Crippen LogP contribution in [0.1, 0.15) is 51.9 Å². The normalized spacial score (nSPS) is 21.2. The molecule has 1 unspecified atom stereocenters. The molecule has 0 aromatic heterocycles. The number of carbonyl (C=O) groups is 1. The fourth-order valence-corrected chi connectivity index (χ4v) is 2.36. The first-order valence-corrected chi connectivity index (χ1v) is 5.95. The summed E-state index contributed by atoms with van der Waals surface area (Å²) in [6.45, 7) is 1.98. The van der Waals surface area contributed by atoms with Crippen LogP contribution in [0.15, 0.2) is 12.2 Å². The van der Waals surface area contributed by atoms with Crippen molar-refractivity contribution in [1.82, 2.24) is 0 Å². The second kappa shape index (κ2) is 6.80. The van der Waals surface area contributed by atoms with Crippen molar-refractivity contribution in [3.05, 3.63) is 12.2 Å². The smallest absolute Gasteiger partial charge is 0.126 e. The summed E-state index contributed by atoms with van der Waals surface area (Å²) >= 11 is 0. The Kier molecular flexibility index (Phi) is 5.58. The zero-order chi connectivity index (χ0) is 10.2. The number of aldehydes is 1. The average Bonchev–Trinajstić information content (AvgIpc) is 2.25. The van der Waals surface area contributed by atoms with Gasteiger partial charge in [0.25, 0.3) is 0 Å². The lowest BCUT2D eigenvalue weighted by Gasteiger charge is -2.21. The predicted molar refractivity (Wildman–Crippen MR) is 60.2 cm³/mol. The predicted octanol–water partition coefficient (Wildman–Crippen LogP) is 3.74. The van der Waals surface area contributed by atoms with Crippen molar-refractivity contribution in [2.75, 3.05) is 0 Å². The first-order chi connectivity index (χ1) is 6.86. The van der Waals surface area contributed by atoms with Gasteiger partial charge in [0.05, 0.1) is 0 Å². The summed E-state index contributed by atoms with van der Waals surface area (Å²) in [6, 6.07) is 0. The summed E-state index contributed by atoms with van der Waals surface area (Å²) in [5.74, 6) is 1.07. The van der Waals surface area contributed by atoms with Crippen LogP contribution >= 0.6 is 0 Å². The summed E-state index contributed by atoms with van der Waals surface area (Å²) < 4.78 is 0. The van der Waals surface area contributed by atoms with E-state index in [0.717, 1.165) is 18.6 Å². The molecule has 0 bridgehead atoms. The molecule has 0 aromatic carbocycles. The lowest BCUT2D eigenvalue weighted by Crippen LogP contribution is -2.08. The molecule has 0 saturated heterocycles. The van der Waals surface area contributed by atoms with Gasteiger partial charge in [0.15, 0.2) is 0 Å². The molecule has 0 aliphatic heterocycles. The molecule has 1 nitrogen and oxygen atoms in total. The first kappa shape index (κ1) is 11.5. The fourth-order valence-electron chi connectivity index (χ4n) is 2.36. The van der Waals surface area contributed by atoms with E-state index in [2.05, 4.69) is 0 Å². The highest BCUT2D eigenvalue weighted by Crippen LogP contribution is 2.28. The maximum Gasteiger partial charge on any atom is 0.126 e. The van der Waals surface area contributed by atoms with E-state index >= 15 is 0 Å². The van der Waals surface area contributed by atoms with E-state index in [4.69, 9.17) is 0 Å². The van der Waals surface area contributed by atoms with Crippen LogP contribution in [-0.4, -0.2) is 6.29 Å². The Balaban J connectivity index is 2.19. The van der Waals surface area contributed by atoms with E-state index in [1.807, 2.05) is 19.1 Å². The minimum absolute atomic E-state index is 0.168. The van der Waals surface area contributed by atoms with E-state index < -0.39 is 0 Å². The van der Waals surface area contributed by atoms with Crippen molar-refractivity contribution >= 4 is 6.29 Å². The molecular formula is C13H22O. The summed E-state index contributed by atoms with van der Waals surface area (Å²) in [6.07, 6.45) is 14.4. The zero-order valence-corrected chi connectivity index (χ0v) is 9.24. The van der Waals surface area contributed by atoms with Gasteiger partial charge in [0.1, 0.15) is 6.29 Å². The van der Waals surface area contributed by atoms with E-state index in [9.17, 15) is 4.79 Å². The maximum absolute atomic E-state index is 10.7. The van der Waals surface area contributed by atoms with Gasteiger partial charge in [-0.25, -0.2) is 0 Å². The average molecular weight is 194 g/mol. The van der Waals surface area contributed by atoms with E-state index in [1.165, 1.54) is 38.5 Å². The van der Waals surface area contributed by atoms with Gasteiger partial charge in [-0.05, 0) is 25.7 Å². The highest BCUT2D eigenvalue weighted by molar-refractivity contribution is 5.56. The molecule has 1 fully saturated rings. The van der Waals surface area contributed by atoms with E-state index in [-0.39, 0.29) is 5.92 Å². The van der Waals surface area contributed by atoms with Crippen LogP contribution < -0.4 is 0 Å². The van der Waals surface area contributed by atoms with Crippen LogP contribution in [0.5, 0.6) is 0 Å². The molecule has 1 heteroatoms. The van der Waals surface area contributed by atoms with Gasteiger partial charge in [0.2, 0.25) is 0 Å². The lowest BCUT2D eigenvalue weighted by atomic mass is 9.84. The van der Waals surface area contributed by atoms with Crippen LogP contribution in [0, 0.1) is 11.8 Å². The zero-order valence-electron chi connectivity index (χ0n) is 9.24. The molecule has 1 aliphatic carbocycles. The Hall–Kier alpha value is -0.590. The van der Waals surface area contributed by atoms with E-state index in [0.29, 0.717) is 0 Å². The summed E-state index contributed by atoms with van der Waals surface area (Å²) in [7, 11) is 0. The van der Waals surface area contributed by atoms with Crippen LogP contribution in [0.2, 0.25) is 0 Å². The third-order valence-corrected chi connectivity index (χ3v) is 3.25. The van der Waals surface area contributed by atoms with Crippen LogP contribution in [-0.2, 0) is 4.79 Å². The first-order valence-electron chi connectivity index (χ1n) is 5.95. The number of hydrogen-bond donors (Lipinski definition) is 0. The molecule has 14 heavy (non-hydrogen) atoms. The second-order valence-corrected chi connectivity index (χ2v) is 4.41. The molecule has 80 valence electrons. The van der Waals surface area contributed by atoms with E-state index in [1.54, 1.807) is 0 Å². The number of allylic oxidation sites excluding steroid dienone is 2.